The molecule has 1 aliphatic carbocycles. The maximum Gasteiger partial charge on any atom is 0.146 e. The van der Waals surface area contributed by atoms with Crippen LogP contribution < -0.4 is 10.2 Å². The molecule has 0 spiro atoms. The van der Waals surface area contributed by atoms with Gasteiger partial charge in [-0.25, -0.2) is 4.98 Å². The summed E-state index contributed by atoms with van der Waals surface area (Å²) in [5.74, 6) is 0.865. The van der Waals surface area contributed by atoms with Crippen molar-refractivity contribution in [2.75, 3.05) is 25.0 Å². The molecule has 3 rings (SSSR count). The van der Waals surface area contributed by atoms with Crippen molar-refractivity contribution in [3.05, 3.63) is 22.9 Å². The van der Waals surface area contributed by atoms with E-state index in [-0.39, 0.29) is 0 Å². The van der Waals surface area contributed by atoms with Crippen LogP contribution in [0.3, 0.4) is 0 Å². The Morgan fingerprint density at radius 2 is 2.17 bits per heavy atom. The van der Waals surface area contributed by atoms with Crippen molar-refractivity contribution in [1.82, 2.24) is 10.3 Å². The predicted octanol–water partition coefficient (Wildman–Crippen LogP) is 1.24. The lowest BCUT2D eigenvalue weighted by atomic mass is 9.94. The largest absolute Gasteiger partial charge is 0.353 e. The van der Waals surface area contributed by atoms with E-state index < -0.39 is 0 Å². The van der Waals surface area contributed by atoms with Gasteiger partial charge in [0.05, 0.1) is 11.6 Å². The van der Waals surface area contributed by atoms with E-state index in [2.05, 4.69) is 22.4 Å². The van der Waals surface area contributed by atoms with E-state index in [1.165, 1.54) is 24.1 Å². The van der Waals surface area contributed by atoms with Gasteiger partial charge in [-0.05, 0) is 37.3 Å². The first kappa shape index (κ1) is 11.5. The zero-order valence-corrected chi connectivity index (χ0v) is 10.7. The fourth-order valence-electron chi connectivity index (χ4n) is 2.69. The quantitative estimate of drug-likeness (QED) is 0.847. The lowest BCUT2D eigenvalue weighted by Crippen LogP contribution is -2.56. The number of nitrogens with zero attached hydrogens (tertiary/aromatic N) is 3. The molecule has 2 heterocycles. The van der Waals surface area contributed by atoms with Crippen LogP contribution in [0.15, 0.2) is 6.07 Å². The summed E-state index contributed by atoms with van der Waals surface area (Å²) in [7, 11) is 2.05. The number of aromatic nitrogens is 1. The van der Waals surface area contributed by atoms with Crippen LogP contribution in [0.4, 0.5) is 5.82 Å². The van der Waals surface area contributed by atoms with Crippen molar-refractivity contribution < 1.29 is 0 Å². The van der Waals surface area contributed by atoms with E-state index in [1.807, 2.05) is 7.05 Å². The van der Waals surface area contributed by atoms with Crippen LogP contribution >= 0.6 is 0 Å². The highest BCUT2D eigenvalue weighted by molar-refractivity contribution is 5.57. The van der Waals surface area contributed by atoms with Gasteiger partial charge in [0.2, 0.25) is 0 Å². The fraction of sp³-hybridized carbons (Fsp3) is 0.571. The maximum absolute atomic E-state index is 9.31. The minimum Gasteiger partial charge on any atom is -0.353 e. The van der Waals surface area contributed by atoms with Crippen molar-refractivity contribution in [2.45, 2.75) is 31.7 Å². The van der Waals surface area contributed by atoms with Gasteiger partial charge in [0.25, 0.3) is 0 Å². The summed E-state index contributed by atoms with van der Waals surface area (Å²) in [5, 5.41) is 12.6. The van der Waals surface area contributed by atoms with E-state index in [1.54, 1.807) is 0 Å². The van der Waals surface area contributed by atoms with Gasteiger partial charge in [-0.2, -0.15) is 5.26 Å². The molecule has 0 radical (unpaired) electrons. The molecule has 0 saturated carbocycles. The molecule has 1 N–H and O–H groups in total. The van der Waals surface area contributed by atoms with Gasteiger partial charge < -0.3 is 10.2 Å². The second kappa shape index (κ2) is 4.58. The molecule has 4 heteroatoms. The summed E-state index contributed by atoms with van der Waals surface area (Å²) in [6, 6.07) is 4.84. The van der Waals surface area contributed by atoms with E-state index in [9.17, 15) is 5.26 Å². The molecular weight excluding hydrogens is 224 g/mol. The third kappa shape index (κ3) is 1.85. The minimum absolute atomic E-state index is 0.478. The maximum atomic E-state index is 9.31. The third-order valence-corrected chi connectivity index (χ3v) is 4.04. The normalized spacial score (nSPS) is 18.7. The lowest BCUT2D eigenvalue weighted by Gasteiger charge is -2.37. The molecule has 0 atom stereocenters. The van der Waals surface area contributed by atoms with Gasteiger partial charge in [0, 0.05) is 25.8 Å². The average molecular weight is 242 g/mol. The Morgan fingerprint density at radius 3 is 2.83 bits per heavy atom. The highest BCUT2D eigenvalue weighted by Crippen LogP contribution is 2.27. The van der Waals surface area contributed by atoms with E-state index in [0.717, 1.165) is 37.3 Å². The molecule has 0 unspecified atom stereocenters. The first-order valence-corrected chi connectivity index (χ1v) is 6.66. The smallest absolute Gasteiger partial charge is 0.146 e. The second-order valence-electron chi connectivity index (χ2n) is 5.21. The lowest BCUT2D eigenvalue weighted by molar-refractivity contribution is 0.426. The van der Waals surface area contributed by atoms with Crippen LogP contribution in [-0.2, 0) is 12.8 Å². The highest BCUT2D eigenvalue weighted by atomic mass is 15.3. The van der Waals surface area contributed by atoms with E-state index in [4.69, 9.17) is 4.98 Å². The van der Waals surface area contributed by atoms with Crippen molar-refractivity contribution in [3.63, 3.8) is 0 Å². The SMILES string of the molecule is CN(c1nc2c(cc1C#N)CCCC2)C1CNC1. The summed E-state index contributed by atoms with van der Waals surface area (Å²) in [6.07, 6.45) is 4.58. The molecule has 1 fully saturated rings. The first-order valence-electron chi connectivity index (χ1n) is 6.66. The molecule has 18 heavy (non-hydrogen) atoms. The van der Waals surface area contributed by atoms with Crippen molar-refractivity contribution in [3.8, 4) is 6.07 Å². The number of hydrogen-bond acceptors (Lipinski definition) is 4. The Balaban J connectivity index is 1.99. The molecule has 1 aromatic rings. The van der Waals surface area contributed by atoms with Gasteiger partial charge in [0.15, 0.2) is 0 Å². The van der Waals surface area contributed by atoms with Crippen molar-refractivity contribution in [1.29, 1.82) is 5.26 Å². The van der Waals surface area contributed by atoms with Gasteiger partial charge in [0.1, 0.15) is 11.9 Å². The van der Waals surface area contributed by atoms with Gasteiger partial charge in [-0.15, -0.1) is 0 Å². The van der Waals surface area contributed by atoms with Crippen LogP contribution in [0.5, 0.6) is 0 Å². The van der Waals surface area contributed by atoms with Gasteiger partial charge in [-0.3, -0.25) is 0 Å². The number of fused-ring (bicyclic) bond motifs is 1. The topological polar surface area (TPSA) is 52.0 Å². The molecule has 94 valence electrons. The number of hydrogen-bond donors (Lipinski definition) is 1. The molecule has 0 amide bonds. The Hall–Kier alpha value is -1.60. The van der Waals surface area contributed by atoms with E-state index in [0.29, 0.717) is 6.04 Å². The molecule has 0 aromatic carbocycles. The molecule has 0 bridgehead atoms. The zero-order valence-electron chi connectivity index (χ0n) is 10.7. The Morgan fingerprint density at radius 1 is 1.39 bits per heavy atom. The summed E-state index contributed by atoms with van der Waals surface area (Å²) in [5.41, 5.74) is 3.21. The molecule has 1 saturated heterocycles. The first-order chi connectivity index (χ1) is 8.79. The molecular formula is C14H18N4. The highest BCUT2D eigenvalue weighted by Gasteiger charge is 2.25. The van der Waals surface area contributed by atoms with E-state index >= 15 is 0 Å². The Labute approximate surface area is 108 Å². The van der Waals surface area contributed by atoms with Crippen LogP contribution in [0.1, 0.15) is 29.7 Å². The van der Waals surface area contributed by atoms with Crippen LogP contribution in [0, 0.1) is 11.3 Å². The second-order valence-corrected chi connectivity index (χ2v) is 5.21. The number of likely N-dealkylation sites (N-methyl/N-ethyl adjacent to an activating group) is 1. The van der Waals surface area contributed by atoms with Gasteiger partial charge >= 0.3 is 0 Å². The minimum atomic E-state index is 0.478. The Kier molecular flexibility index (Phi) is 2.92. The number of nitrogens with one attached hydrogen (secondary N) is 1. The van der Waals surface area contributed by atoms with Crippen molar-refractivity contribution in [2.24, 2.45) is 0 Å². The zero-order chi connectivity index (χ0) is 12.5. The summed E-state index contributed by atoms with van der Waals surface area (Å²) >= 11 is 0. The number of nitriles is 1. The average Bonchev–Trinajstić information content (AvgIpc) is 2.35. The fourth-order valence-corrected chi connectivity index (χ4v) is 2.69. The predicted molar refractivity (Wildman–Crippen MR) is 70.7 cm³/mol. The summed E-state index contributed by atoms with van der Waals surface area (Å²) in [4.78, 5) is 6.92. The third-order valence-electron chi connectivity index (χ3n) is 4.04. The standard InChI is InChI=1S/C14H18N4/c1-18(12-8-16-9-12)14-11(7-15)6-10-4-2-3-5-13(10)17-14/h6,12,16H,2-5,8-9H2,1H3. The molecule has 1 aliphatic heterocycles. The van der Waals surface area contributed by atoms with Gasteiger partial charge in [-0.1, -0.05) is 0 Å². The van der Waals surface area contributed by atoms with Crippen LogP contribution in [-0.4, -0.2) is 31.2 Å². The Bertz CT molecular complexity index is 499. The monoisotopic (exact) mass is 242 g/mol. The molecule has 4 nitrogen and oxygen atoms in total. The molecule has 2 aliphatic rings. The van der Waals surface area contributed by atoms with Crippen molar-refractivity contribution >= 4 is 5.82 Å². The summed E-state index contributed by atoms with van der Waals surface area (Å²) in [6.45, 7) is 1.97. The molecule has 1 aromatic heterocycles. The number of rotatable bonds is 2. The van der Waals surface area contributed by atoms with Crippen LogP contribution in [0.25, 0.3) is 0 Å². The summed E-state index contributed by atoms with van der Waals surface area (Å²) < 4.78 is 0. The van der Waals surface area contributed by atoms with Crippen LogP contribution in [0.2, 0.25) is 0 Å². The number of pyridine rings is 1. The number of aryl methyl sites for hydroxylation is 2. The number of anilines is 1.